The molecule has 1 aliphatic heterocycles. The Morgan fingerprint density at radius 3 is 2.50 bits per heavy atom. The standard InChI is InChI=1S/C18H21FN2O/c1-22-17-7-4-6-16(13-17)21-11-9-20(10-12-21)14-15-5-2-3-8-18(15)19/h2-8,13H,9-12,14H2,1H3. The van der Waals surface area contributed by atoms with Crippen LogP contribution in [0, 0.1) is 5.82 Å². The fourth-order valence-corrected chi connectivity index (χ4v) is 2.84. The van der Waals surface area contributed by atoms with Gasteiger partial charge in [0.15, 0.2) is 0 Å². The van der Waals surface area contributed by atoms with E-state index >= 15 is 0 Å². The van der Waals surface area contributed by atoms with Crippen LogP contribution in [0.5, 0.6) is 5.75 Å². The van der Waals surface area contributed by atoms with Gasteiger partial charge < -0.3 is 9.64 Å². The van der Waals surface area contributed by atoms with Crippen LogP contribution in [0.25, 0.3) is 0 Å². The van der Waals surface area contributed by atoms with Gasteiger partial charge >= 0.3 is 0 Å². The molecule has 0 bridgehead atoms. The van der Waals surface area contributed by atoms with Crippen molar-refractivity contribution in [1.29, 1.82) is 0 Å². The average molecular weight is 300 g/mol. The number of ether oxygens (including phenoxy) is 1. The Kier molecular flexibility index (Phi) is 4.59. The first-order chi connectivity index (χ1) is 10.8. The number of nitrogens with zero attached hydrogens (tertiary/aromatic N) is 2. The minimum absolute atomic E-state index is 0.113. The normalized spacial score (nSPS) is 15.8. The van der Waals surface area contributed by atoms with Gasteiger partial charge in [-0.3, -0.25) is 4.90 Å². The van der Waals surface area contributed by atoms with Crippen LogP contribution in [-0.2, 0) is 6.54 Å². The first-order valence-electron chi connectivity index (χ1n) is 7.61. The van der Waals surface area contributed by atoms with Crippen LogP contribution >= 0.6 is 0 Å². The molecule has 1 heterocycles. The maximum absolute atomic E-state index is 13.7. The van der Waals surface area contributed by atoms with Gasteiger partial charge in [0, 0.05) is 50.0 Å². The number of rotatable bonds is 4. The Balaban J connectivity index is 1.59. The van der Waals surface area contributed by atoms with Gasteiger partial charge in [0.2, 0.25) is 0 Å². The zero-order chi connectivity index (χ0) is 15.4. The molecule has 3 nitrogen and oxygen atoms in total. The van der Waals surface area contributed by atoms with Gasteiger partial charge in [-0.15, -0.1) is 0 Å². The summed E-state index contributed by atoms with van der Waals surface area (Å²) in [4.78, 5) is 4.65. The molecule has 2 aromatic carbocycles. The van der Waals surface area contributed by atoms with Crippen molar-refractivity contribution in [1.82, 2.24) is 4.90 Å². The smallest absolute Gasteiger partial charge is 0.127 e. The second-order valence-corrected chi connectivity index (χ2v) is 5.56. The molecule has 0 saturated carbocycles. The third-order valence-corrected chi connectivity index (χ3v) is 4.14. The summed E-state index contributed by atoms with van der Waals surface area (Å²) >= 11 is 0. The van der Waals surface area contributed by atoms with Gasteiger partial charge in [-0.2, -0.15) is 0 Å². The molecule has 2 aromatic rings. The number of benzene rings is 2. The predicted octanol–water partition coefficient (Wildman–Crippen LogP) is 3.16. The molecule has 0 unspecified atom stereocenters. The van der Waals surface area contributed by atoms with Crippen LogP contribution in [0.3, 0.4) is 0 Å². The van der Waals surface area contributed by atoms with Crippen LogP contribution in [0.2, 0.25) is 0 Å². The molecule has 1 aliphatic rings. The highest BCUT2D eigenvalue weighted by Crippen LogP contribution is 2.22. The summed E-state index contributed by atoms with van der Waals surface area (Å²) in [7, 11) is 1.69. The van der Waals surface area contributed by atoms with E-state index in [1.165, 1.54) is 11.8 Å². The Labute approximate surface area is 130 Å². The van der Waals surface area contributed by atoms with Crippen molar-refractivity contribution in [3.05, 3.63) is 59.9 Å². The van der Waals surface area contributed by atoms with Crippen molar-refractivity contribution in [3.8, 4) is 5.75 Å². The quantitative estimate of drug-likeness (QED) is 0.862. The van der Waals surface area contributed by atoms with E-state index in [2.05, 4.69) is 21.9 Å². The molecule has 0 N–H and O–H groups in total. The third-order valence-electron chi connectivity index (χ3n) is 4.14. The van der Waals surface area contributed by atoms with E-state index in [0.717, 1.165) is 37.5 Å². The van der Waals surface area contributed by atoms with Crippen molar-refractivity contribution < 1.29 is 9.13 Å². The lowest BCUT2D eigenvalue weighted by atomic mass is 10.1. The summed E-state index contributed by atoms with van der Waals surface area (Å²) in [5, 5.41) is 0. The molecule has 0 atom stereocenters. The van der Waals surface area contributed by atoms with Crippen LogP contribution < -0.4 is 9.64 Å². The van der Waals surface area contributed by atoms with Gasteiger partial charge in [-0.25, -0.2) is 4.39 Å². The van der Waals surface area contributed by atoms with Crippen LogP contribution in [0.4, 0.5) is 10.1 Å². The molecule has 0 aliphatic carbocycles. The third kappa shape index (κ3) is 3.39. The second kappa shape index (κ2) is 6.79. The number of piperazine rings is 1. The van der Waals surface area contributed by atoms with Gasteiger partial charge in [-0.05, 0) is 18.2 Å². The molecule has 116 valence electrons. The van der Waals surface area contributed by atoms with Crippen molar-refractivity contribution >= 4 is 5.69 Å². The molecule has 0 radical (unpaired) electrons. The lowest BCUT2D eigenvalue weighted by molar-refractivity contribution is 0.246. The first kappa shape index (κ1) is 14.9. The minimum atomic E-state index is -0.113. The average Bonchev–Trinajstić information content (AvgIpc) is 2.58. The maximum atomic E-state index is 13.7. The SMILES string of the molecule is COc1cccc(N2CCN(Cc3ccccc3F)CC2)c1. The molecule has 0 spiro atoms. The first-order valence-corrected chi connectivity index (χ1v) is 7.61. The van der Waals surface area contributed by atoms with E-state index < -0.39 is 0 Å². The topological polar surface area (TPSA) is 15.7 Å². The molecule has 3 rings (SSSR count). The van der Waals surface area contributed by atoms with Crippen molar-refractivity contribution in [2.45, 2.75) is 6.54 Å². The maximum Gasteiger partial charge on any atom is 0.127 e. The largest absolute Gasteiger partial charge is 0.497 e. The van der Waals surface area contributed by atoms with Crippen molar-refractivity contribution in [3.63, 3.8) is 0 Å². The molecule has 1 fully saturated rings. The van der Waals surface area contributed by atoms with Crippen LogP contribution in [0.15, 0.2) is 48.5 Å². The van der Waals surface area contributed by atoms with Gasteiger partial charge in [-0.1, -0.05) is 24.3 Å². The second-order valence-electron chi connectivity index (χ2n) is 5.56. The summed E-state index contributed by atoms with van der Waals surface area (Å²) in [6.07, 6.45) is 0. The van der Waals surface area contributed by atoms with E-state index in [1.807, 2.05) is 24.3 Å². The molecule has 0 aromatic heterocycles. The zero-order valence-electron chi connectivity index (χ0n) is 12.8. The fraction of sp³-hybridized carbons (Fsp3) is 0.333. The van der Waals surface area contributed by atoms with Crippen LogP contribution in [-0.4, -0.2) is 38.2 Å². The lowest BCUT2D eigenvalue weighted by Crippen LogP contribution is -2.46. The van der Waals surface area contributed by atoms with Crippen molar-refractivity contribution in [2.24, 2.45) is 0 Å². The van der Waals surface area contributed by atoms with E-state index in [4.69, 9.17) is 4.74 Å². The summed E-state index contributed by atoms with van der Waals surface area (Å²) in [5.41, 5.74) is 1.96. The number of hydrogen-bond donors (Lipinski definition) is 0. The Bertz CT molecular complexity index is 624. The van der Waals surface area contributed by atoms with Gasteiger partial charge in [0.05, 0.1) is 7.11 Å². The number of hydrogen-bond acceptors (Lipinski definition) is 3. The van der Waals surface area contributed by atoms with Crippen LogP contribution in [0.1, 0.15) is 5.56 Å². The van der Waals surface area contributed by atoms with Gasteiger partial charge in [0.25, 0.3) is 0 Å². The van der Waals surface area contributed by atoms with Gasteiger partial charge in [0.1, 0.15) is 11.6 Å². The Hall–Kier alpha value is -2.07. The Morgan fingerprint density at radius 1 is 1.00 bits per heavy atom. The molecule has 0 amide bonds. The fourth-order valence-electron chi connectivity index (χ4n) is 2.84. The highest BCUT2D eigenvalue weighted by Gasteiger charge is 2.18. The predicted molar refractivity (Wildman–Crippen MR) is 86.9 cm³/mol. The lowest BCUT2D eigenvalue weighted by Gasteiger charge is -2.36. The highest BCUT2D eigenvalue weighted by atomic mass is 19.1. The summed E-state index contributed by atoms with van der Waals surface area (Å²) in [6.45, 7) is 4.44. The van der Waals surface area contributed by atoms with E-state index in [0.29, 0.717) is 6.54 Å². The molecule has 4 heteroatoms. The monoisotopic (exact) mass is 300 g/mol. The number of halogens is 1. The molecule has 1 saturated heterocycles. The van der Waals surface area contributed by atoms with E-state index in [-0.39, 0.29) is 5.82 Å². The highest BCUT2D eigenvalue weighted by molar-refractivity contribution is 5.51. The summed E-state index contributed by atoms with van der Waals surface area (Å²) in [6, 6.07) is 15.2. The van der Waals surface area contributed by atoms with E-state index in [9.17, 15) is 4.39 Å². The zero-order valence-corrected chi connectivity index (χ0v) is 12.8. The summed E-state index contributed by atoms with van der Waals surface area (Å²) < 4.78 is 19.0. The Morgan fingerprint density at radius 2 is 1.77 bits per heavy atom. The summed E-state index contributed by atoms with van der Waals surface area (Å²) in [5.74, 6) is 0.768. The minimum Gasteiger partial charge on any atom is -0.497 e. The number of methoxy groups -OCH3 is 1. The molecule has 22 heavy (non-hydrogen) atoms. The van der Waals surface area contributed by atoms with Crippen molar-refractivity contribution in [2.75, 3.05) is 38.2 Å². The van der Waals surface area contributed by atoms with E-state index in [1.54, 1.807) is 13.2 Å². The molecular weight excluding hydrogens is 279 g/mol. The number of anilines is 1. The molecular formula is C18H21FN2O.